The van der Waals surface area contributed by atoms with Crippen molar-refractivity contribution in [3.05, 3.63) is 89.0 Å². The van der Waals surface area contributed by atoms with Crippen molar-refractivity contribution in [3.8, 4) is 17.1 Å². The molecule has 0 fully saturated rings. The molecule has 4 nitrogen and oxygen atoms in total. The van der Waals surface area contributed by atoms with Crippen molar-refractivity contribution in [1.29, 1.82) is 0 Å². The number of nitrogens with zero attached hydrogens (tertiary/aromatic N) is 1. The van der Waals surface area contributed by atoms with Gasteiger partial charge in [-0.3, -0.25) is 4.79 Å². The van der Waals surface area contributed by atoms with Crippen molar-refractivity contribution in [1.82, 2.24) is 4.90 Å². The van der Waals surface area contributed by atoms with Crippen LogP contribution in [0.1, 0.15) is 33.5 Å². The molecule has 32 heavy (non-hydrogen) atoms. The standard InChI is InChI=1S/C28H29NO3/c1-19-16-20(2)18-22(17-19)27(30)26-24-8-5-6-9-25(24)32-28(26)21-10-12-23(13-11-21)31-15-7-14-29(3)4/h5-6,8-13,16-18H,7,14-15H2,1-4H3. The van der Waals surface area contributed by atoms with E-state index in [9.17, 15) is 4.79 Å². The highest BCUT2D eigenvalue weighted by Crippen LogP contribution is 2.36. The molecule has 0 unspecified atom stereocenters. The molecule has 4 heteroatoms. The lowest BCUT2D eigenvalue weighted by molar-refractivity contribution is 0.104. The summed E-state index contributed by atoms with van der Waals surface area (Å²) in [6, 6.07) is 21.4. The van der Waals surface area contributed by atoms with Crippen molar-refractivity contribution in [2.24, 2.45) is 0 Å². The summed E-state index contributed by atoms with van der Waals surface area (Å²) in [5, 5.41) is 0.829. The SMILES string of the molecule is Cc1cc(C)cc(C(=O)c2c(-c3ccc(OCCCN(C)C)cc3)oc3ccccc23)c1. The molecule has 0 aliphatic carbocycles. The normalized spacial score (nSPS) is 11.3. The Morgan fingerprint density at radius 1 is 0.938 bits per heavy atom. The molecule has 3 aromatic carbocycles. The number of fused-ring (bicyclic) bond motifs is 1. The van der Waals surface area contributed by atoms with Gasteiger partial charge in [-0.05, 0) is 76.8 Å². The Kier molecular flexibility index (Phi) is 6.42. The van der Waals surface area contributed by atoms with Crippen LogP contribution in [0.2, 0.25) is 0 Å². The summed E-state index contributed by atoms with van der Waals surface area (Å²) in [5.74, 6) is 1.38. The van der Waals surface area contributed by atoms with Crippen LogP contribution in [0.25, 0.3) is 22.3 Å². The van der Waals surface area contributed by atoms with E-state index in [-0.39, 0.29) is 5.78 Å². The Balaban J connectivity index is 1.68. The fourth-order valence-corrected chi connectivity index (χ4v) is 4.00. The molecule has 0 bridgehead atoms. The highest BCUT2D eigenvalue weighted by molar-refractivity contribution is 6.19. The summed E-state index contributed by atoms with van der Waals surface area (Å²) in [6.07, 6.45) is 0.965. The largest absolute Gasteiger partial charge is 0.494 e. The molecule has 0 aliphatic rings. The minimum atomic E-state index is -0.0271. The van der Waals surface area contributed by atoms with Crippen molar-refractivity contribution in [3.63, 3.8) is 0 Å². The zero-order valence-electron chi connectivity index (χ0n) is 19.1. The summed E-state index contributed by atoms with van der Waals surface area (Å²) in [6.45, 7) is 5.67. The molecule has 0 N–H and O–H groups in total. The first-order chi connectivity index (χ1) is 15.4. The summed E-state index contributed by atoms with van der Waals surface area (Å²) in [5.41, 5.74) is 4.98. The van der Waals surface area contributed by atoms with Gasteiger partial charge in [0.05, 0.1) is 12.2 Å². The average Bonchev–Trinajstić information content (AvgIpc) is 3.15. The van der Waals surface area contributed by atoms with Crippen LogP contribution in [0.4, 0.5) is 0 Å². The third-order valence-electron chi connectivity index (χ3n) is 5.44. The van der Waals surface area contributed by atoms with Crippen molar-refractivity contribution in [2.45, 2.75) is 20.3 Å². The lowest BCUT2D eigenvalue weighted by Gasteiger charge is -2.10. The molecule has 1 heterocycles. The van der Waals surface area contributed by atoms with Gasteiger partial charge in [0, 0.05) is 23.1 Å². The van der Waals surface area contributed by atoms with E-state index < -0.39 is 0 Å². The van der Waals surface area contributed by atoms with Gasteiger partial charge in [0.25, 0.3) is 0 Å². The number of benzene rings is 3. The van der Waals surface area contributed by atoms with Crippen molar-refractivity contribution in [2.75, 3.05) is 27.2 Å². The fraction of sp³-hybridized carbons (Fsp3) is 0.250. The maximum atomic E-state index is 13.6. The van der Waals surface area contributed by atoms with Crippen LogP contribution in [0, 0.1) is 13.8 Å². The van der Waals surface area contributed by atoms with Crippen molar-refractivity contribution < 1.29 is 13.9 Å². The van der Waals surface area contributed by atoms with Crippen LogP contribution in [0.3, 0.4) is 0 Å². The Labute approximate surface area is 189 Å². The first-order valence-electron chi connectivity index (χ1n) is 10.9. The van der Waals surface area contributed by atoms with Crippen LogP contribution < -0.4 is 4.74 Å². The highest BCUT2D eigenvalue weighted by Gasteiger charge is 2.23. The number of carbonyl (C=O) groups excluding carboxylic acids is 1. The maximum Gasteiger partial charge on any atom is 0.197 e. The van der Waals surface area contributed by atoms with E-state index in [1.54, 1.807) is 0 Å². The summed E-state index contributed by atoms with van der Waals surface area (Å²) in [7, 11) is 4.11. The number of ketones is 1. The zero-order valence-corrected chi connectivity index (χ0v) is 19.1. The molecule has 4 aromatic rings. The van der Waals surface area contributed by atoms with E-state index >= 15 is 0 Å². The van der Waals surface area contributed by atoms with Gasteiger partial charge in [0.2, 0.25) is 0 Å². The minimum absolute atomic E-state index is 0.0271. The van der Waals surface area contributed by atoms with Gasteiger partial charge in [-0.1, -0.05) is 35.4 Å². The quantitative estimate of drug-likeness (QED) is 0.245. The number of furan rings is 1. The average molecular weight is 428 g/mol. The molecule has 0 spiro atoms. The van der Waals surface area contributed by atoms with Gasteiger partial charge in [-0.25, -0.2) is 0 Å². The highest BCUT2D eigenvalue weighted by atomic mass is 16.5. The van der Waals surface area contributed by atoms with Gasteiger partial charge in [0.1, 0.15) is 17.1 Å². The summed E-state index contributed by atoms with van der Waals surface area (Å²) in [4.78, 5) is 15.8. The lowest BCUT2D eigenvalue weighted by atomic mass is 9.95. The van der Waals surface area contributed by atoms with Crippen LogP contribution in [-0.2, 0) is 0 Å². The molecular weight excluding hydrogens is 398 g/mol. The smallest absolute Gasteiger partial charge is 0.197 e. The molecule has 0 radical (unpaired) electrons. The second-order valence-corrected chi connectivity index (χ2v) is 8.54. The lowest BCUT2D eigenvalue weighted by Crippen LogP contribution is -2.15. The van der Waals surface area contributed by atoms with E-state index in [0.717, 1.165) is 40.8 Å². The van der Waals surface area contributed by atoms with E-state index in [1.165, 1.54) is 0 Å². The minimum Gasteiger partial charge on any atom is -0.494 e. The van der Waals surface area contributed by atoms with E-state index in [1.807, 2.05) is 74.5 Å². The maximum absolute atomic E-state index is 13.6. The van der Waals surface area contributed by atoms with Crippen LogP contribution in [0.5, 0.6) is 5.75 Å². The van der Waals surface area contributed by atoms with Crippen molar-refractivity contribution >= 4 is 16.8 Å². The second kappa shape index (κ2) is 9.41. The molecular formula is C28H29NO3. The molecule has 0 atom stereocenters. The number of rotatable bonds is 8. The number of ether oxygens (including phenoxy) is 1. The zero-order chi connectivity index (χ0) is 22.7. The Morgan fingerprint density at radius 2 is 1.62 bits per heavy atom. The van der Waals surface area contributed by atoms with Gasteiger partial charge >= 0.3 is 0 Å². The fourth-order valence-electron chi connectivity index (χ4n) is 4.00. The second-order valence-electron chi connectivity index (χ2n) is 8.54. The Morgan fingerprint density at radius 3 is 2.31 bits per heavy atom. The van der Waals surface area contributed by atoms with Gasteiger partial charge in [0.15, 0.2) is 5.78 Å². The topological polar surface area (TPSA) is 42.7 Å². The van der Waals surface area contributed by atoms with Gasteiger partial charge < -0.3 is 14.1 Å². The Hall–Kier alpha value is -3.37. The van der Waals surface area contributed by atoms with E-state index in [4.69, 9.17) is 9.15 Å². The molecule has 164 valence electrons. The predicted octanol–water partition coefficient (Wildman–Crippen LogP) is 6.28. The molecule has 0 aliphatic heterocycles. The number of hydrogen-bond acceptors (Lipinski definition) is 4. The molecule has 0 saturated heterocycles. The summed E-state index contributed by atoms with van der Waals surface area (Å²) < 4.78 is 12.0. The first-order valence-corrected chi connectivity index (χ1v) is 10.9. The third-order valence-corrected chi connectivity index (χ3v) is 5.44. The molecule has 1 aromatic heterocycles. The van der Waals surface area contributed by atoms with E-state index in [0.29, 0.717) is 29.1 Å². The monoisotopic (exact) mass is 427 g/mol. The Bertz CT molecular complexity index is 1220. The summed E-state index contributed by atoms with van der Waals surface area (Å²) >= 11 is 0. The van der Waals surface area contributed by atoms with Gasteiger partial charge in [-0.2, -0.15) is 0 Å². The first kappa shape index (κ1) is 21.8. The predicted molar refractivity (Wildman–Crippen MR) is 130 cm³/mol. The number of para-hydroxylation sites is 1. The number of aryl methyl sites for hydroxylation is 2. The van der Waals surface area contributed by atoms with E-state index in [2.05, 4.69) is 25.1 Å². The van der Waals surface area contributed by atoms with Crippen LogP contribution in [-0.4, -0.2) is 37.9 Å². The van der Waals surface area contributed by atoms with Crippen LogP contribution >= 0.6 is 0 Å². The number of carbonyl (C=O) groups is 1. The third kappa shape index (κ3) is 4.76. The molecule has 0 saturated carbocycles. The van der Waals surface area contributed by atoms with Crippen LogP contribution in [0.15, 0.2) is 71.1 Å². The molecule has 0 amide bonds. The van der Waals surface area contributed by atoms with Gasteiger partial charge in [-0.15, -0.1) is 0 Å². The molecule has 4 rings (SSSR count). The number of hydrogen-bond donors (Lipinski definition) is 0.